The fourth-order valence-corrected chi connectivity index (χ4v) is 5.81. The van der Waals surface area contributed by atoms with Gasteiger partial charge in [-0.1, -0.05) is 19.8 Å². The summed E-state index contributed by atoms with van der Waals surface area (Å²) in [6, 6.07) is 0. The Kier molecular flexibility index (Phi) is 10.4. The molecule has 0 amide bonds. The highest BCUT2D eigenvalue weighted by molar-refractivity contribution is 4.84. The van der Waals surface area contributed by atoms with E-state index < -0.39 is 12.6 Å². The molecular formula is C25H43F3O3. The van der Waals surface area contributed by atoms with E-state index in [1.165, 1.54) is 57.8 Å². The van der Waals surface area contributed by atoms with Gasteiger partial charge in [0.25, 0.3) is 0 Å². The molecular weight excluding hydrogens is 405 g/mol. The fourth-order valence-electron chi connectivity index (χ4n) is 5.81. The van der Waals surface area contributed by atoms with Crippen molar-refractivity contribution < 1.29 is 27.4 Å². The van der Waals surface area contributed by atoms with E-state index in [1.807, 2.05) is 0 Å². The summed E-state index contributed by atoms with van der Waals surface area (Å²) in [5, 5.41) is 0. The van der Waals surface area contributed by atoms with Gasteiger partial charge in [-0.2, -0.15) is 13.2 Å². The monoisotopic (exact) mass is 448 g/mol. The van der Waals surface area contributed by atoms with Gasteiger partial charge in [0.1, 0.15) is 0 Å². The molecule has 1 aliphatic heterocycles. The van der Waals surface area contributed by atoms with Gasteiger partial charge in [0.15, 0.2) is 6.29 Å². The SMILES string of the molecule is CCCCCO[C@H]1CC[C@H](C2CCC([C@H]3OC[C@H](CCCC(F)(F)F)CO3)CC2)CC1. The highest BCUT2D eigenvalue weighted by atomic mass is 19.4. The molecule has 3 aliphatic rings. The molecule has 0 N–H and O–H groups in total. The van der Waals surface area contributed by atoms with E-state index in [0.29, 0.717) is 31.7 Å². The molecule has 3 rings (SSSR count). The van der Waals surface area contributed by atoms with Crippen LogP contribution in [0.15, 0.2) is 0 Å². The second-order valence-corrected chi connectivity index (χ2v) is 10.2. The highest BCUT2D eigenvalue weighted by Crippen LogP contribution is 2.42. The second-order valence-electron chi connectivity index (χ2n) is 10.2. The zero-order valence-corrected chi connectivity index (χ0v) is 19.3. The third-order valence-electron chi connectivity index (χ3n) is 7.75. The van der Waals surface area contributed by atoms with Crippen LogP contribution in [0, 0.1) is 23.7 Å². The lowest BCUT2D eigenvalue weighted by molar-refractivity contribution is -0.231. The molecule has 0 bridgehead atoms. The second kappa shape index (κ2) is 12.8. The molecule has 2 aliphatic carbocycles. The Bertz CT molecular complexity index is 475. The summed E-state index contributed by atoms with van der Waals surface area (Å²) in [6.45, 7) is 4.25. The Morgan fingerprint density at radius 3 is 1.94 bits per heavy atom. The first-order valence-corrected chi connectivity index (χ1v) is 12.9. The molecule has 1 heterocycles. The first-order valence-electron chi connectivity index (χ1n) is 12.9. The number of rotatable bonds is 10. The van der Waals surface area contributed by atoms with Crippen LogP contribution in [-0.2, 0) is 14.2 Å². The van der Waals surface area contributed by atoms with Gasteiger partial charge in [-0.3, -0.25) is 0 Å². The van der Waals surface area contributed by atoms with Gasteiger partial charge in [-0.25, -0.2) is 0 Å². The van der Waals surface area contributed by atoms with Gasteiger partial charge in [0.2, 0.25) is 0 Å². The maximum atomic E-state index is 12.3. The van der Waals surface area contributed by atoms with Gasteiger partial charge < -0.3 is 14.2 Å². The van der Waals surface area contributed by atoms with Gasteiger partial charge in [0, 0.05) is 24.9 Å². The molecule has 0 aromatic carbocycles. The predicted octanol–water partition coefficient (Wildman–Crippen LogP) is 7.28. The van der Waals surface area contributed by atoms with Crippen LogP contribution in [-0.4, -0.2) is 38.4 Å². The molecule has 0 aromatic heterocycles. The van der Waals surface area contributed by atoms with Crippen molar-refractivity contribution in [1.82, 2.24) is 0 Å². The quantitative estimate of drug-likeness (QED) is 0.329. The standard InChI is InChI=1S/C25H43F3O3/c1-2-3-4-16-29-23-13-11-21(12-14-23)20-7-9-22(10-8-20)24-30-17-19(18-31-24)6-5-15-25(26,27)28/h19-24H,2-18H2,1H3/t19-,20?,21-,22?,23-,24-. The lowest BCUT2D eigenvalue weighted by atomic mass is 9.70. The molecule has 1 saturated heterocycles. The number of unbranched alkanes of at least 4 members (excludes halogenated alkanes) is 2. The normalized spacial score (nSPS) is 35.2. The summed E-state index contributed by atoms with van der Waals surface area (Å²) in [5.41, 5.74) is 0. The van der Waals surface area contributed by atoms with E-state index in [2.05, 4.69) is 6.92 Å². The van der Waals surface area contributed by atoms with Crippen molar-refractivity contribution in [2.24, 2.45) is 23.7 Å². The number of halogens is 3. The number of hydrogen-bond acceptors (Lipinski definition) is 3. The molecule has 0 atom stereocenters. The molecule has 182 valence electrons. The van der Waals surface area contributed by atoms with Crippen LogP contribution < -0.4 is 0 Å². The summed E-state index contributed by atoms with van der Waals surface area (Å²) < 4.78 is 54.9. The minimum atomic E-state index is -4.06. The average molecular weight is 449 g/mol. The van der Waals surface area contributed by atoms with Crippen molar-refractivity contribution in [2.45, 2.75) is 115 Å². The summed E-state index contributed by atoms with van der Waals surface area (Å²) in [4.78, 5) is 0. The topological polar surface area (TPSA) is 27.7 Å². The largest absolute Gasteiger partial charge is 0.389 e. The van der Waals surface area contributed by atoms with E-state index in [9.17, 15) is 13.2 Å². The molecule has 0 unspecified atom stereocenters. The van der Waals surface area contributed by atoms with E-state index in [0.717, 1.165) is 31.3 Å². The zero-order chi connectivity index (χ0) is 22.1. The van der Waals surface area contributed by atoms with Gasteiger partial charge in [0.05, 0.1) is 19.3 Å². The first-order chi connectivity index (χ1) is 14.9. The maximum absolute atomic E-state index is 12.3. The summed E-state index contributed by atoms with van der Waals surface area (Å²) in [7, 11) is 0. The van der Waals surface area contributed by atoms with E-state index in [4.69, 9.17) is 14.2 Å². The van der Waals surface area contributed by atoms with E-state index in [1.54, 1.807) is 0 Å². The van der Waals surface area contributed by atoms with Crippen molar-refractivity contribution in [3.8, 4) is 0 Å². The van der Waals surface area contributed by atoms with Crippen LogP contribution in [0.25, 0.3) is 0 Å². The molecule has 0 aromatic rings. The Morgan fingerprint density at radius 2 is 1.35 bits per heavy atom. The first kappa shape index (κ1) is 25.3. The lowest BCUT2D eigenvalue weighted by Crippen LogP contribution is -2.39. The Balaban J connectivity index is 1.27. The minimum absolute atomic E-state index is 0.106. The van der Waals surface area contributed by atoms with Crippen LogP contribution in [0.5, 0.6) is 0 Å². The van der Waals surface area contributed by atoms with Crippen LogP contribution in [0.3, 0.4) is 0 Å². The van der Waals surface area contributed by atoms with Crippen LogP contribution in [0.1, 0.15) is 96.8 Å². The molecule has 0 radical (unpaired) electrons. The predicted molar refractivity (Wildman–Crippen MR) is 116 cm³/mol. The Morgan fingerprint density at radius 1 is 0.774 bits per heavy atom. The highest BCUT2D eigenvalue weighted by Gasteiger charge is 2.36. The summed E-state index contributed by atoms with van der Waals surface area (Å²) in [5.74, 6) is 2.23. The smallest absolute Gasteiger partial charge is 0.378 e. The van der Waals surface area contributed by atoms with Gasteiger partial charge in [-0.05, 0) is 82.5 Å². The summed E-state index contributed by atoms with van der Waals surface area (Å²) in [6.07, 6.45) is 9.88. The lowest BCUT2D eigenvalue weighted by Gasteiger charge is -2.41. The average Bonchev–Trinajstić information content (AvgIpc) is 2.77. The Labute approximate surface area is 186 Å². The van der Waals surface area contributed by atoms with E-state index >= 15 is 0 Å². The van der Waals surface area contributed by atoms with Crippen molar-refractivity contribution in [3.63, 3.8) is 0 Å². The van der Waals surface area contributed by atoms with Crippen molar-refractivity contribution in [3.05, 3.63) is 0 Å². The molecule has 0 spiro atoms. The fraction of sp³-hybridized carbons (Fsp3) is 1.00. The molecule has 3 fully saturated rings. The number of ether oxygens (including phenoxy) is 3. The number of alkyl halides is 3. The van der Waals surface area contributed by atoms with Crippen molar-refractivity contribution in [1.29, 1.82) is 0 Å². The van der Waals surface area contributed by atoms with Gasteiger partial charge in [-0.15, -0.1) is 0 Å². The number of hydrogen-bond donors (Lipinski definition) is 0. The van der Waals surface area contributed by atoms with Crippen molar-refractivity contribution in [2.75, 3.05) is 19.8 Å². The summed E-state index contributed by atoms with van der Waals surface area (Å²) >= 11 is 0. The minimum Gasteiger partial charge on any atom is -0.378 e. The maximum Gasteiger partial charge on any atom is 0.389 e. The zero-order valence-electron chi connectivity index (χ0n) is 19.3. The van der Waals surface area contributed by atoms with Crippen LogP contribution >= 0.6 is 0 Å². The molecule has 6 heteroatoms. The third-order valence-corrected chi connectivity index (χ3v) is 7.75. The van der Waals surface area contributed by atoms with Crippen LogP contribution in [0.4, 0.5) is 13.2 Å². The van der Waals surface area contributed by atoms with E-state index in [-0.39, 0.29) is 18.6 Å². The van der Waals surface area contributed by atoms with Gasteiger partial charge >= 0.3 is 6.18 Å². The van der Waals surface area contributed by atoms with Crippen molar-refractivity contribution >= 4 is 0 Å². The Hall–Kier alpha value is -0.330. The molecule has 3 nitrogen and oxygen atoms in total. The molecule has 31 heavy (non-hydrogen) atoms. The molecule has 2 saturated carbocycles. The van der Waals surface area contributed by atoms with Crippen LogP contribution in [0.2, 0.25) is 0 Å². The third kappa shape index (κ3) is 8.85.